The van der Waals surface area contributed by atoms with Gasteiger partial charge in [0.25, 0.3) is 0 Å². The maximum absolute atomic E-state index is 11.6. The minimum absolute atomic E-state index is 0.158. The SMILES string of the molecule is CC(=O)N1CCC(N(CCCOC(C)C)C(=S)Nc2ccccc2C)CC1. The highest BCUT2D eigenvalue weighted by Crippen LogP contribution is 2.20. The predicted molar refractivity (Wildman–Crippen MR) is 115 cm³/mol. The lowest BCUT2D eigenvalue weighted by molar-refractivity contribution is -0.130. The Morgan fingerprint density at radius 2 is 2.00 bits per heavy atom. The first-order valence-electron chi connectivity index (χ1n) is 9.89. The van der Waals surface area contributed by atoms with Crippen molar-refractivity contribution >= 4 is 28.9 Å². The molecular weight excluding hydrogens is 358 g/mol. The van der Waals surface area contributed by atoms with Gasteiger partial charge in [0.1, 0.15) is 0 Å². The topological polar surface area (TPSA) is 44.8 Å². The number of anilines is 1. The number of para-hydroxylation sites is 1. The van der Waals surface area contributed by atoms with E-state index < -0.39 is 0 Å². The molecule has 1 heterocycles. The average molecular weight is 392 g/mol. The number of rotatable bonds is 7. The Morgan fingerprint density at radius 1 is 1.33 bits per heavy atom. The van der Waals surface area contributed by atoms with Crippen LogP contribution in [-0.2, 0) is 9.53 Å². The summed E-state index contributed by atoms with van der Waals surface area (Å²) >= 11 is 5.77. The smallest absolute Gasteiger partial charge is 0.219 e. The summed E-state index contributed by atoms with van der Waals surface area (Å²) in [4.78, 5) is 15.8. The fraction of sp³-hybridized carbons (Fsp3) is 0.619. The van der Waals surface area contributed by atoms with Crippen molar-refractivity contribution in [2.24, 2.45) is 0 Å². The molecule has 0 saturated carbocycles. The van der Waals surface area contributed by atoms with Crippen molar-refractivity contribution in [2.45, 2.75) is 59.1 Å². The van der Waals surface area contributed by atoms with Crippen LogP contribution in [0.25, 0.3) is 0 Å². The molecule has 1 amide bonds. The molecule has 1 N–H and O–H groups in total. The number of ether oxygens (including phenoxy) is 1. The molecule has 1 aliphatic heterocycles. The van der Waals surface area contributed by atoms with Crippen LogP contribution >= 0.6 is 12.2 Å². The maximum atomic E-state index is 11.6. The van der Waals surface area contributed by atoms with E-state index in [-0.39, 0.29) is 12.0 Å². The van der Waals surface area contributed by atoms with E-state index >= 15 is 0 Å². The standard InChI is InChI=1S/C21H33N3O2S/c1-16(2)26-15-7-12-24(19-10-13-23(14-11-19)18(4)25)21(27)22-20-9-6-5-8-17(20)3/h5-6,8-9,16,19H,7,10-15H2,1-4H3,(H,22,27). The number of aryl methyl sites for hydroxylation is 1. The van der Waals surface area contributed by atoms with Gasteiger partial charge in [-0.2, -0.15) is 0 Å². The van der Waals surface area contributed by atoms with Gasteiger partial charge in [0.05, 0.1) is 6.10 Å². The van der Waals surface area contributed by atoms with Crippen molar-refractivity contribution < 1.29 is 9.53 Å². The van der Waals surface area contributed by atoms with E-state index in [0.717, 1.165) is 56.3 Å². The summed E-state index contributed by atoms with van der Waals surface area (Å²) in [6.45, 7) is 11.0. The van der Waals surface area contributed by atoms with E-state index in [4.69, 9.17) is 17.0 Å². The summed E-state index contributed by atoms with van der Waals surface area (Å²) in [5, 5.41) is 4.19. The largest absolute Gasteiger partial charge is 0.379 e. The molecule has 0 bridgehead atoms. The van der Waals surface area contributed by atoms with E-state index in [9.17, 15) is 4.79 Å². The number of hydrogen-bond donors (Lipinski definition) is 1. The summed E-state index contributed by atoms with van der Waals surface area (Å²) in [6, 6.07) is 8.53. The third-order valence-corrected chi connectivity index (χ3v) is 5.33. The van der Waals surface area contributed by atoms with Gasteiger partial charge in [0, 0.05) is 44.9 Å². The molecule has 2 rings (SSSR count). The third-order valence-electron chi connectivity index (χ3n) is 4.99. The normalized spacial score (nSPS) is 15.1. The zero-order valence-electron chi connectivity index (χ0n) is 17.0. The summed E-state index contributed by atoms with van der Waals surface area (Å²) in [7, 11) is 0. The van der Waals surface area contributed by atoms with Crippen LogP contribution in [0.3, 0.4) is 0 Å². The molecule has 1 aromatic carbocycles. The molecular formula is C21H33N3O2S. The van der Waals surface area contributed by atoms with Crippen molar-refractivity contribution in [3.63, 3.8) is 0 Å². The lowest BCUT2D eigenvalue weighted by atomic mass is 10.0. The number of nitrogens with one attached hydrogen (secondary N) is 1. The van der Waals surface area contributed by atoms with Gasteiger partial charge in [-0.3, -0.25) is 4.79 Å². The Morgan fingerprint density at radius 3 is 2.59 bits per heavy atom. The van der Waals surface area contributed by atoms with Gasteiger partial charge in [-0.15, -0.1) is 0 Å². The van der Waals surface area contributed by atoms with Gasteiger partial charge in [0.2, 0.25) is 5.91 Å². The Kier molecular flexibility index (Phi) is 8.51. The number of hydrogen-bond acceptors (Lipinski definition) is 3. The molecule has 0 radical (unpaired) electrons. The third kappa shape index (κ3) is 6.78. The number of nitrogens with zero attached hydrogens (tertiary/aromatic N) is 2. The second-order valence-corrected chi connectivity index (χ2v) is 7.84. The maximum Gasteiger partial charge on any atom is 0.219 e. The van der Waals surface area contributed by atoms with E-state index in [1.807, 2.05) is 17.0 Å². The zero-order chi connectivity index (χ0) is 19.8. The zero-order valence-corrected chi connectivity index (χ0v) is 17.8. The number of carbonyl (C=O) groups excluding carboxylic acids is 1. The van der Waals surface area contributed by atoms with Crippen LogP contribution in [0.4, 0.5) is 5.69 Å². The highest BCUT2D eigenvalue weighted by atomic mass is 32.1. The first-order valence-corrected chi connectivity index (χ1v) is 10.3. The molecule has 5 nitrogen and oxygen atoms in total. The van der Waals surface area contributed by atoms with Crippen molar-refractivity contribution in [2.75, 3.05) is 31.6 Å². The number of benzene rings is 1. The monoisotopic (exact) mass is 391 g/mol. The van der Waals surface area contributed by atoms with Crippen LogP contribution in [0.2, 0.25) is 0 Å². The van der Waals surface area contributed by atoms with Gasteiger partial charge in [-0.05, 0) is 63.9 Å². The van der Waals surface area contributed by atoms with Crippen LogP contribution in [0.5, 0.6) is 0 Å². The number of likely N-dealkylation sites (tertiary alicyclic amines) is 1. The Bertz CT molecular complexity index is 628. The van der Waals surface area contributed by atoms with Gasteiger partial charge < -0.3 is 19.9 Å². The van der Waals surface area contributed by atoms with E-state index in [0.29, 0.717) is 6.04 Å². The Labute approximate surface area is 169 Å². The number of piperidine rings is 1. The van der Waals surface area contributed by atoms with Gasteiger partial charge in [-0.25, -0.2) is 0 Å². The minimum atomic E-state index is 0.158. The lowest BCUT2D eigenvalue weighted by Gasteiger charge is -2.39. The molecule has 1 fully saturated rings. The predicted octanol–water partition coefficient (Wildman–Crippen LogP) is 3.82. The highest BCUT2D eigenvalue weighted by Gasteiger charge is 2.27. The number of carbonyl (C=O) groups is 1. The highest BCUT2D eigenvalue weighted by molar-refractivity contribution is 7.80. The molecule has 27 heavy (non-hydrogen) atoms. The quantitative estimate of drug-likeness (QED) is 0.565. The van der Waals surface area contributed by atoms with Crippen LogP contribution in [0, 0.1) is 6.92 Å². The Balaban J connectivity index is 2.01. The van der Waals surface area contributed by atoms with E-state index in [1.165, 1.54) is 5.56 Å². The molecule has 0 aliphatic carbocycles. The summed E-state index contributed by atoms with van der Waals surface area (Å²) < 4.78 is 5.70. The molecule has 1 aliphatic rings. The fourth-order valence-corrected chi connectivity index (χ4v) is 3.75. The van der Waals surface area contributed by atoms with Gasteiger partial charge in [0.15, 0.2) is 5.11 Å². The second-order valence-electron chi connectivity index (χ2n) is 7.45. The fourth-order valence-electron chi connectivity index (χ4n) is 3.40. The molecule has 6 heteroatoms. The number of thiocarbonyl (C=S) groups is 1. The first kappa shape index (κ1) is 21.6. The van der Waals surface area contributed by atoms with Crippen LogP contribution < -0.4 is 5.32 Å². The molecule has 1 saturated heterocycles. The Hall–Kier alpha value is -1.66. The molecule has 1 aromatic rings. The van der Waals surface area contributed by atoms with E-state index in [2.05, 4.69) is 43.1 Å². The van der Waals surface area contributed by atoms with Crippen molar-refractivity contribution in [1.29, 1.82) is 0 Å². The number of amides is 1. The van der Waals surface area contributed by atoms with Crippen LogP contribution in [-0.4, -0.2) is 59.2 Å². The van der Waals surface area contributed by atoms with Gasteiger partial charge in [-0.1, -0.05) is 18.2 Å². The van der Waals surface area contributed by atoms with Crippen molar-refractivity contribution in [3.8, 4) is 0 Å². The molecule has 0 atom stereocenters. The molecule has 0 unspecified atom stereocenters. The van der Waals surface area contributed by atoms with E-state index in [1.54, 1.807) is 6.92 Å². The summed E-state index contributed by atoms with van der Waals surface area (Å²) in [6.07, 6.45) is 3.07. The van der Waals surface area contributed by atoms with Crippen LogP contribution in [0.15, 0.2) is 24.3 Å². The summed E-state index contributed by atoms with van der Waals surface area (Å²) in [5.41, 5.74) is 2.22. The molecule has 150 valence electrons. The molecule has 0 aromatic heterocycles. The van der Waals surface area contributed by atoms with Crippen molar-refractivity contribution in [1.82, 2.24) is 9.80 Å². The second kappa shape index (κ2) is 10.6. The summed E-state index contributed by atoms with van der Waals surface area (Å²) in [5.74, 6) is 0.158. The lowest BCUT2D eigenvalue weighted by Crippen LogP contribution is -2.50. The first-order chi connectivity index (χ1) is 12.9. The van der Waals surface area contributed by atoms with Crippen molar-refractivity contribution in [3.05, 3.63) is 29.8 Å². The minimum Gasteiger partial charge on any atom is -0.379 e. The van der Waals surface area contributed by atoms with Gasteiger partial charge >= 0.3 is 0 Å². The van der Waals surface area contributed by atoms with Crippen LogP contribution in [0.1, 0.15) is 45.6 Å². The molecule has 0 spiro atoms. The average Bonchev–Trinajstić information content (AvgIpc) is 2.63.